The Hall–Kier alpha value is -1.80. The maximum atomic E-state index is 9.52. The van der Waals surface area contributed by atoms with Crippen molar-refractivity contribution in [3.63, 3.8) is 0 Å². The van der Waals surface area contributed by atoms with Crippen LogP contribution in [0.15, 0.2) is 54.6 Å². The first-order valence-electron chi connectivity index (χ1n) is 6.17. The summed E-state index contributed by atoms with van der Waals surface area (Å²) < 4.78 is 5.81. The van der Waals surface area contributed by atoms with Crippen molar-refractivity contribution >= 4 is 0 Å². The first kappa shape index (κ1) is 12.7. The summed E-state index contributed by atoms with van der Waals surface area (Å²) in [7, 11) is 0. The van der Waals surface area contributed by atoms with Crippen molar-refractivity contribution in [2.24, 2.45) is 0 Å². The van der Waals surface area contributed by atoms with Crippen LogP contribution < -0.4 is 4.74 Å². The van der Waals surface area contributed by atoms with Crippen molar-refractivity contribution in [3.8, 4) is 16.9 Å². The van der Waals surface area contributed by atoms with Crippen molar-refractivity contribution in [2.45, 2.75) is 26.1 Å². The van der Waals surface area contributed by atoms with Gasteiger partial charge in [0.25, 0.3) is 0 Å². The smallest absolute Gasteiger partial charge is 0.127 e. The molecule has 94 valence electrons. The Balaban J connectivity index is 2.32. The standard InChI is InChI=1S/C16H18O2/c1-12(17)13(2)18-16-11-7-6-10-15(16)14-8-4-3-5-9-14/h3-13,17H,1-2H3. The van der Waals surface area contributed by atoms with Crippen LogP contribution in [0.5, 0.6) is 5.75 Å². The van der Waals surface area contributed by atoms with Crippen molar-refractivity contribution in [1.82, 2.24) is 0 Å². The van der Waals surface area contributed by atoms with Gasteiger partial charge in [-0.2, -0.15) is 0 Å². The van der Waals surface area contributed by atoms with E-state index in [0.717, 1.165) is 16.9 Å². The summed E-state index contributed by atoms with van der Waals surface area (Å²) >= 11 is 0. The van der Waals surface area contributed by atoms with Crippen LogP contribution in [0.25, 0.3) is 11.1 Å². The number of aliphatic hydroxyl groups excluding tert-OH is 1. The van der Waals surface area contributed by atoms with E-state index < -0.39 is 6.10 Å². The first-order valence-corrected chi connectivity index (χ1v) is 6.17. The average Bonchev–Trinajstić information content (AvgIpc) is 2.40. The van der Waals surface area contributed by atoms with Crippen molar-refractivity contribution in [3.05, 3.63) is 54.6 Å². The van der Waals surface area contributed by atoms with Crippen LogP contribution in [-0.2, 0) is 0 Å². The highest BCUT2D eigenvalue weighted by Crippen LogP contribution is 2.30. The molecule has 0 saturated heterocycles. The van der Waals surface area contributed by atoms with E-state index in [-0.39, 0.29) is 6.10 Å². The summed E-state index contributed by atoms with van der Waals surface area (Å²) in [5.41, 5.74) is 2.16. The molecule has 2 aromatic carbocycles. The lowest BCUT2D eigenvalue weighted by Gasteiger charge is -2.19. The zero-order valence-corrected chi connectivity index (χ0v) is 10.7. The lowest BCUT2D eigenvalue weighted by atomic mass is 10.0. The molecule has 2 rings (SSSR count). The van der Waals surface area contributed by atoms with Gasteiger partial charge in [-0.15, -0.1) is 0 Å². The third-order valence-corrected chi connectivity index (χ3v) is 2.96. The molecule has 2 nitrogen and oxygen atoms in total. The van der Waals surface area contributed by atoms with Gasteiger partial charge in [-0.05, 0) is 25.5 Å². The third-order valence-electron chi connectivity index (χ3n) is 2.96. The first-order chi connectivity index (χ1) is 8.68. The zero-order valence-electron chi connectivity index (χ0n) is 10.7. The molecule has 2 atom stereocenters. The van der Waals surface area contributed by atoms with Crippen LogP contribution in [0.1, 0.15) is 13.8 Å². The van der Waals surface area contributed by atoms with Gasteiger partial charge in [-0.25, -0.2) is 0 Å². The molecule has 0 saturated carbocycles. The highest BCUT2D eigenvalue weighted by atomic mass is 16.5. The molecule has 2 aromatic rings. The van der Waals surface area contributed by atoms with Crippen molar-refractivity contribution in [2.75, 3.05) is 0 Å². The molecule has 0 heterocycles. The maximum Gasteiger partial charge on any atom is 0.127 e. The number of hydrogen-bond donors (Lipinski definition) is 1. The second-order valence-corrected chi connectivity index (χ2v) is 4.43. The van der Waals surface area contributed by atoms with Crippen LogP contribution in [0.3, 0.4) is 0 Å². The highest BCUT2D eigenvalue weighted by Gasteiger charge is 2.13. The monoisotopic (exact) mass is 242 g/mol. The number of ether oxygens (including phenoxy) is 1. The Labute approximate surface area is 108 Å². The minimum absolute atomic E-state index is 0.227. The molecule has 0 amide bonds. The van der Waals surface area contributed by atoms with E-state index in [4.69, 9.17) is 4.74 Å². The maximum absolute atomic E-state index is 9.52. The van der Waals surface area contributed by atoms with E-state index >= 15 is 0 Å². The molecule has 1 N–H and O–H groups in total. The number of para-hydroxylation sites is 1. The number of hydrogen-bond acceptors (Lipinski definition) is 2. The summed E-state index contributed by atoms with van der Waals surface area (Å²) in [6.45, 7) is 3.60. The van der Waals surface area contributed by atoms with E-state index in [1.165, 1.54) is 0 Å². The average molecular weight is 242 g/mol. The summed E-state index contributed by atoms with van der Waals surface area (Å²) in [6.07, 6.45) is -0.719. The van der Waals surface area contributed by atoms with E-state index in [0.29, 0.717) is 0 Å². The fourth-order valence-electron chi connectivity index (χ4n) is 1.72. The Bertz CT molecular complexity index is 491. The van der Waals surface area contributed by atoms with Gasteiger partial charge in [0.15, 0.2) is 0 Å². The molecule has 0 spiro atoms. The molecule has 2 heteroatoms. The predicted octanol–water partition coefficient (Wildman–Crippen LogP) is 3.50. The molecular formula is C16H18O2. The Morgan fingerprint density at radius 3 is 2.17 bits per heavy atom. The van der Waals surface area contributed by atoms with Gasteiger partial charge in [0.05, 0.1) is 6.10 Å². The van der Waals surface area contributed by atoms with E-state index in [9.17, 15) is 5.11 Å². The number of aliphatic hydroxyl groups is 1. The molecule has 2 unspecified atom stereocenters. The lowest BCUT2D eigenvalue weighted by Crippen LogP contribution is -2.25. The minimum Gasteiger partial charge on any atom is -0.487 e. The topological polar surface area (TPSA) is 29.5 Å². The van der Waals surface area contributed by atoms with E-state index in [1.807, 2.05) is 49.4 Å². The van der Waals surface area contributed by atoms with Gasteiger partial charge in [0.1, 0.15) is 11.9 Å². The number of rotatable bonds is 4. The van der Waals surface area contributed by atoms with Crippen LogP contribution in [0.2, 0.25) is 0 Å². The second kappa shape index (κ2) is 5.69. The van der Waals surface area contributed by atoms with Crippen molar-refractivity contribution in [1.29, 1.82) is 0 Å². The summed E-state index contributed by atoms with van der Waals surface area (Å²) in [5.74, 6) is 0.803. The summed E-state index contributed by atoms with van der Waals surface area (Å²) in [6, 6.07) is 18.0. The molecule has 0 aliphatic rings. The molecule has 0 aliphatic carbocycles. The highest BCUT2D eigenvalue weighted by molar-refractivity contribution is 5.70. The molecule has 0 fully saturated rings. The minimum atomic E-state index is -0.492. The molecule has 18 heavy (non-hydrogen) atoms. The molecule has 0 radical (unpaired) electrons. The van der Waals surface area contributed by atoms with Crippen LogP contribution in [-0.4, -0.2) is 17.3 Å². The SMILES string of the molecule is CC(O)C(C)Oc1ccccc1-c1ccccc1. The normalized spacial score (nSPS) is 13.9. The third kappa shape index (κ3) is 2.90. The number of benzene rings is 2. The summed E-state index contributed by atoms with van der Waals surface area (Å²) in [5, 5.41) is 9.52. The fourth-order valence-corrected chi connectivity index (χ4v) is 1.72. The zero-order chi connectivity index (χ0) is 13.0. The molecular weight excluding hydrogens is 224 g/mol. The van der Waals surface area contributed by atoms with E-state index in [2.05, 4.69) is 12.1 Å². The van der Waals surface area contributed by atoms with Gasteiger partial charge in [-0.1, -0.05) is 48.5 Å². The molecule has 0 bridgehead atoms. The lowest BCUT2D eigenvalue weighted by molar-refractivity contribution is 0.0608. The van der Waals surface area contributed by atoms with E-state index in [1.54, 1.807) is 6.92 Å². The van der Waals surface area contributed by atoms with Crippen LogP contribution in [0.4, 0.5) is 0 Å². The van der Waals surface area contributed by atoms with Crippen molar-refractivity contribution < 1.29 is 9.84 Å². The largest absolute Gasteiger partial charge is 0.487 e. The van der Waals surface area contributed by atoms with Crippen LogP contribution >= 0.6 is 0 Å². The van der Waals surface area contributed by atoms with Gasteiger partial charge in [0, 0.05) is 5.56 Å². The predicted molar refractivity (Wildman–Crippen MR) is 73.6 cm³/mol. The van der Waals surface area contributed by atoms with Crippen LogP contribution in [0, 0.1) is 0 Å². The Morgan fingerprint density at radius 2 is 1.50 bits per heavy atom. The Kier molecular flexibility index (Phi) is 4.00. The van der Waals surface area contributed by atoms with Gasteiger partial charge in [0.2, 0.25) is 0 Å². The molecule has 0 aromatic heterocycles. The fraction of sp³-hybridized carbons (Fsp3) is 0.250. The van der Waals surface area contributed by atoms with Gasteiger partial charge >= 0.3 is 0 Å². The molecule has 0 aliphatic heterocycles. The van der Waals surface area contributed by atoms with Gasteiger partial charge in [-0.3, -0.25) is 0 Å². The van der Waals surface area contributed by atoms with Gasteiger partial charge < -0.3 is 9.84 Å². The quantitative estimate of drug-likeness (QED) is 0.889. The summed E-state index contributed by atoms with van der Waals surface area (Å²) in [4.78, 5) is 0. The Morgan fingerprint density at radius 1 is 0.889 bits per heavy atom. The second-order valence-electron chi connectivity index (χ2n) is 4.43.